The predicted octanol–water partition coefficient (Wildman–Crippen LogP) is 7.67. The van der Waals surface area contributed by atoms with Crippen molar-refractivity contribution >= 4 is 52.6 Å². The van der Waals surface area contributed by atoms with E-state index in [1.807, 2.05) is 6.92 Å². The molecule has 0 aliphatic carbocycles. The monoisotopic (exact) mass is 563 g/mol. The van der Waals surface area contributed by atoms with Gasteiger partial charge in [-0.15, -0.1) is 0 Å². The summed E-state index contributed by atoms with van der Waals surface area (Å²) in [6.07, 6.45) is -1.68. The van der Waals surface area contributed by atoms with Gasteiger partial charge in [0.1, 0.15) is 6.04 Å². The molecule has 0 saturated carbocycles. The largest absolute Gasteiger partial charge is 0.399 e. The first-order chi connectivity index (χ1) is 16.8. The Bertz CT molecular complexity index is 1110. The number of carbonyl (C=O) groups excluding carboxylic acids is 2. The predicted molar refractivity (Wildman–Crippen MR) is 138 cm³/mol. The molecular formula is C26H27Cl3F3NO3. The number of carbonyl (C=O) groups is 2. The number of alkyl halides is 3. The molecule has 0 aliphatic rings. The second-order valence-electron chi connectivity index (χ2n) is 8.44. The molecule has 4 nitrogen and oxygen atoms in total. The van der Waals surface area contributed by atoms with Gasteiger partial charge in [0.15, 0.2) is 5.78 Å². The lowest BCUT2D eigenvalue weighted by Gasteiger charge is -2.20. The van der Waals surface area contributed by atoms with E-state index in [4.69, 9.17) is 39.5 Å². The maximum absolute atomic E-state index is 13.8. The Morgan fingerprint density at radius 1 is 1.11 bits per heavy atom. The first-order valence-corrected chi connectivity index (χ1v) is 12.3. The van der Waals surface area contributed by atoms with Crippen molar-refractivity contribution in [2.24, 2.45) is 5.92 Å². The maximum Gasteiger partial charge on any atom is 0.399 e. The van der Waals surface area contributed by atoms with E-state index in [1.54, 1.807) is 19.9 Å². The lowest BCUT2D eigenvalue weighted by Crippen LogP contribution is -2.46. The Labute approximate surface area is 223 Å². The third-order valence-corrected chi connectivity index (χ3v) is 6.97. The number of rotatable bonds is 10. The summed E-state index contributed by atoms with van der Waals surface area (Å²) in [6.45, 7) is 5.36. The Kier molecular flexibility index (Phi) is 10.9. The van der Waals surface area contributed by atoms with Crippen LogP contribution in [0, 0.1) is 12.8 Å². The first-order valence-electron chi connectivity index (χ1n) is 11.1. The average molecular weight is 565 g/mol. The van der Waals surface area contributed by atoms with Gasteiger partial charge in [0.05, 0.1) is 27.6 Å². The number of halogens is 6. The molecule has 1 amide bonds. The number of nitrogens with one attached hydrogen (secondary N) is 1. The molecule has 0 heterocycles. The molecule has 3 atom stereocenters. The van der Waals surface area contributed by atoms with Gasteiger partial charge in [-0.05, 0) is 48.2 Å². The molecule has 2 aromatic carbocycles. The van der Waals surface area contributed by atoms with E-state index in [0.29, 0.717) is 23.1 Å². The molecule has 0 aromatic heterocycles. The van der Waals surface area contributed by atoms with E-state index in [9.17, 15) is 22.8 Å². The summed E-state index contributed by atoms with van der Waals surface area (Å²) in [5, 5.41) is 2.53. The maximum atomic E-state index is 13.8. The smallest absolute Gasteiger partial charge is 0.382 e. The second kappa shape index (κ2) is 13.0. The number of ketones is 1. The van der Waals surface area contributed by atoms with E-state index >= 15 is 0 Å². The first kappa shape index (κ1) is 30.2. The number of hydrogen-bond acceptors (Lipinski definition) is 3. The summed E-state index contributed by atoms with van der Waals surface area (Å²) in [5.74, 6) is -2.83. The van der Waals surface area contributed by atoms with Gasteiger partial charge in [-0.1, -0.05) is 72.9 Å². The zero-order valence-electron chi connectivity index (χ0n) is 20.2. The van der Waals surface area contributed by atoms with Gasteiger partial charge in [0.25, 0.3) is 5.91 Å². The van der Waals surface area contributed by atoms with Crippen molar-refractivity contribution in [3.8, 4) is 0 Å². The highest BCUT2D eigenvalue weighted by Crippen LogP contribution is 2.41. The number of amides is 1. The minimum Gasteiger partial charge on any atom is -0.382 e. The van der Waals surface area contributed by atoms with Crippen LogP contribution < -0.4 is 5.32 Å². The third kappa shape index (κ3) is 7.72. The normalized spacial score (nSPS) is 14.5. The Balaban J connectivity index is 2.29. The summed E-state index contributed by atoms with van der Waals surface area (Å²) >= 11 is 17.7. The van der Waals surface area contributed by atoms with Gasteiger partial charge in [-0.3, -0.25) is 9.59 Å². The van der Waals surface area contributed by atoms with E-state index in [0.717, 1.165) is 18.2 Å². The van der Waals surface area contributed by atoms with Crippen LogP contribution >= 0.6 is 34.8 Å². The molecule has 3 unspecified atom stereocenters. The number of Topliss-reactive ketones (excluding diaryl/α,β-unsaturated/α-hetero) is 1. The summed E-state index contributed by atoms with van der Waals surface area (Å²) < 4.78 is 46.5. The van der Waals surface area contributed by atoms with Crippen LogP contribution in [0.5, 0.6) is 0 Å². The molecule has 0 bridgehead atoms. The van der Waals surface area contributed by atoms with Crippen LogP contribution in [0.4, 0.5) is 13.2 Å². The number of allylic oxidation sites excluding steroid dienone is 1. The van der Waals surface area contributed by atoms with Gasteiger partial charge < -0.3 is 10.1 Å². The van der Waals surface area contributed by atoms with E-state index in [2.05, 4.69) is 5.32 Å². The van der Waals surface area contributed by atoms with Gasteiger partial charge in [0, 0.05) is 18.6 Å². The van der Waals surface area contributed by atoms with Crippen molar-refractivity contribution in [1.29, 1.82) is 0 Å². The minimum absolute atomic E-state index is 0.0185. The highest BCUT2D eigenvalue weighted by atomic mass is 35.5. The van der Waals surface area contributed by atoms with Gasteiger partial charge >= 0.3 is 6.18 Å². The van der Waals surface area contributed by atoms with Crippen LogP contribution in [0.25, 0.3) is 6.08 Å². The Hall–Kier alpha value is -2.06. The van der Waals surface area contributed by atoms with Crippen molar-refractivity contribution in [3.63, 3.8) is 0 Å². The van der Waals surface area contributed by atoms with Crippen LogP contribution in [-0.2, 0) is 9.53 Å². The van der Waals surface area contributed by atoms with Crippen molar-refractivity contribution in [1.82, 2.24) is 5.32 Å². The summed E-state index contributed by atoms with van der Waals surface area (Å²) in [6, 6.07) is 6.07. The molecule has 0 fully saturated rings. The molecule has 0 spiro atoms. The molecule has 0 aliphatic heterocycles. The molecule has 36 heavy (non-hydrogen) atoms. The fraction of sp³-hybridized carbons (Fsp3) is 0.385. The molecule has 2 aromatic rings. The van der Waals surface area contributed by atoms with Crippen molar-refractivity contribution in [2.75, 3.05) is 13.7 Å². The zero-order chi connectivity index (χ0) is 27.2. The average Bonchev–Trinajstić information content (AvgIpc) is 2.80. The van der Waals surface area contributed by atoms with Gasteiger partial charge in [-0.25, -0.2) is 0 Å². The Morgan fingerprint density at radius 2 is 1.72 bits per heavy atom. The Morgan fingerprint density at radius 3 is 2.22 bits per heavy atom. The molecule has 10 heteroatoms. The van der Waals surface area contributed by atoms with E-state index in [1.165, 1.54) is 25.3 Å². The van der Waals surface area contributed by atoms with Gasteiger partial charge in [0.2, 0.25) is 0 Å². The molecular weight excluding hydrogens is 538 g/mol. The molecule has 1 N–H and O–H groups in total. The molecule has 0 radical (unpaired) electrons. The number of benzene rings is 2. The van der Waals surface area contributed by atoms with Crippen molar-refractivity contribution in [3.05, 3.63) is 73.7 Å². The lowest BCUT2D eigenvalue weighted by molar-refractivity contribution is -0.139. The fourth-order valence-corrected chi connectivity index (χ4v) is 4.17. The minimum atomic E-state index is -4.61. The second-order valence-corrected chi connectivity index (χ2v) is 9.64. The van der Waals surface area contributed by atoms with Crippen molar-refractivity contribution in [2.45, 2.75) is 45.3 Å². The van der Waals surface area contributed by atoms with Crippen LogP contribution in [0.15, 0.2) is 36.4 Å². The topological polar surface area (TPSA) is 55.4 Å². The lowest BCUT2D eigenvalue weighted by atomic mass is 9.96. The summed E-state index contributed by atoms with van der Waals surface area (Å²) in [4.78, 5) is 25.4. The van der Waals surface area contributed by atoms with E-state index in [-0.39, 0.29) is 38.9 Å². The SMILES string of the molecule is CCC(C)C(=O)C(COC)NC(=O)c1ccc(C=CC(c2cc(Cl)c(Cl)c(Cl)c2)C(F)(F)F)cc1C. The zero-order valence-corrected chi connectivity index (χ0v) is 22.4. The number of methoxy groups -OCH3 is 1. The molecule has 196 valence electrons. The highest BCUT2D eigenvalue weighted by molar-refractivity contribution is 6.48. The van der Waals surface area contributed by atoms with Crippen LogP contribution in [-0.4, -0.2) is 37.6 Å². The van der Waals surface area contributed by atoms with E-state index < -0.39 is 24.0 Å². The highest BCUT2D eigenvalue weighted by Gasteiger charge is 2.39. The van der Waals surface area contributed by atoms with Crippen LogP contribution in [0.3, 0.4) is 0 Å². The molecule has 0 saturated heterocycles. The number of hydrogen-bond donors (Lipinski definition) is 1. The quantitative estimate of drug-likeness (QED) is 0.301. The molecule has 2 rings (SSSR count). The fourth-order valence-electron chi connectivity index (χ4n) is 3.56. The standard InChI is InChI=1S/C26H27Cl3F3NO3/c1-5-14(2)24(34)22(13-36-4)33-25(35)18-8-6-16(10-15(18)3)7-9-19(26(30,31)32)17-11-20(27)23(29)21(28)12-17/h6-12,14,19,22H,5,13H2,1-4H3,(H,33,35). The van der Waals surface area contributed by atoms with Gasteiger partial charge in [-0.2, -0.15) is 13.2 Å². The number of aryl methyl sites for hydroxylation is 1. The summed E-state index contributed by atoms with van der Waals surface area (Å²) in [7, 11) is 1.44. The third-order valence-electron chi connectivity index (χ3n) is 5.77. The van der Waals surface area contributed by atoms with Crippen LogP contribution in [0.1, 0.15) is 53.2 Å². The number of ether oxygens (including phenoxy) is 1. The van der Waals surface area contributed by atoms with Crippen molar-refractivity contribution < 1.29 is 27.5 Å². The van der Waals surface area contributed by atoms with Crippen LogP contribution in [0.2, 0.25) is 15.1 Å². The summed E-state index contributed by atoms with van der Waals surface area (Å²) in [5.41, 5.74) is 1.13.